The third kappa shape index (κ3) is 4.91. The first kappa shape index (κ1) is 14.2. The fourth-order valence-corrected chi connectivity index (χ4v) is 3.10. The lowest BCUT2D eigenvalue weighted by Gasteiger charge is -1.99. The second-order valence-electron chi connectivity index (χ2n) is 4.35. The van der Waals surface area contributed by atoms with Crippen LogP contribution >= 0.6 is 11.3 Å². The molecule has 0 nitrogen and oxygen atoms in total. The maximum absolute atomic E-state index is 2.35. The molecule has 0 aliphatic heterocycles. The topological polar surface area (TPSA) is 0 Å². The largest absolute Gasteiger partial charge is 0.136 e. The average Bonchev–Trinajstić information content (AvgIpc) is 2.68. The summed E-state index contributed by atoms with van der Waals surface area (Å²) in [7, 11) is 0. The molecule has 0 atom stereocenters. The van der Waals surface area contributed by atoms with Crippen LogP contribution in [0.25, 0.3) is 12.2 Å². The fraction of sp³-hybridized carbons (Fsp3) is 0.500. The van der Waals surface area contributed by atoms with E-state index in [2.05, 4.69) is 51.1 Å². The number of aryl methyl sites for hydroxylation is 1. The normalized spacial score (nSPS) is 11.9. The highest BCUT2D eigenvalue weighted by Gasteiger charge is 2.04. The number of allylic oxidation sites excluding steroid dienone is 2. The molecule has 1 heterocycles. The van der Waals surface area contributed by atoms with Gasteiger partial charge in [-0.25, -0.2) is 0 Å². The smallest absolute Gasteiger partial charge is 0.0305 e. The highest BCUT2D eigenvalue weighted by atomic mass is 32.1. The van der Waals surface area contributed by atoms with Gasteiger partial charge in [0.1, 0.15) is 0 Å². The molecule has 0 saturated heterocycles. The minimum atomic E-state index is 1.23. The van der Waals surface area contributed by atoms with E-state index in [9.17, 15) is 0 Å². The van der Waals surface area contributed by atoms with Gasteiger partial charge in [-0.05, 0) is 50.5 Å². The summed E-state index contributed by atoms with van der Waals surface area (Å²) in [6.45, 7) is 6.44. The summed E-state index contributed by atoms with van der Waals surface area (Å²) in [5, 5.41) is 0. The van der Waals surface area contributed by atoms with Crippen molar-refractivity contribution < 1.29 is 0 Å². The molecule has 0 bridgehead atoms. The Bertz CT molecular complexity index is 369. The van der Waals surface area contributed by atoms with Gasteiger partial charge in [0.05, 0.1) is 0 Å². The summed E-state index contributed by atoms with van der Waals surface area (Å²) >= 11 is 1.90. The molecule has 0 spiro atoms. The van der Waals surface area contributed by atoms with Crippen LogP contribution in [0.1, 0.15) is 61.8 Å². The highest BCUT2D eigenvalue weighted by molar-refractivity contribution is 7.14. The van der Waals surface area contributed by atoms with E-state index in [0.29, 0.717) is 0 Å². The molecule has 0 aromatic carbocycles. The molecule has 0 N–H and O–H groups in total. The van der Waals surface area contributed by atoms with Gasteiger partial charge in [-0.15, -0.1) is 11.3 Å². The molecule has 1 heteroatoms. The van der Waals surface area contributed by atoms with Crippen LogP contribution in [0.15, 0.2) is 18.2 Å². The van der Waals surface area contributed by atoms with Gasteiger partial charge in [0, 0.05) is 9.75 Å². The number of unbranched alkanes of at least 4 members (excludes halogenated alkanes) is 3. The number of hydrogen-bond donors (Lipinski definition) is 0. The Labute approximate surface area is 110 Å². The zero-order valence-electron chi connectivity index (χ0n) is 11.3. The van der Waals surface area contributed by atoms with Gasteiger partial charge in [-0.3, -0.25) is 0 Å². The van der Waals surface area contributed by atoms with Crippen molar-refractivity contribution in [1.29, 1.82) is 0 Å². The summed E-state index contributed by atoms with van der Waals surface area (Å²) < 4.78 is 0. The van der Waals surface area contributed by atoms with Crippen molar-refractivity contribution in [3.05, 3.63) is 33.5 Å². The van der Waals surface area contributed by atoms with Crippen molar-refractivity contribution in [1.82, 2.24) is 0 Å². The third-order valence-corrected chi connectivity index (χ3v) is 3.92. The van der Waals surface area contributed by atoms with E-state index >= 15 is 0 Å². The second-order valence-corrected chi connectivity index (χ2v) is 5.46. The fourth-order valence-electron chi connectivity index (χ4n) is 1.94. The third-order valence-electron chi connectivity index (χ3n) is 2.81. The molecule has 94 valence electrons. The molecular weight excluding hydrogens is 224 g/mol. The van der Waals surface area contributed by atoms with Crippen LogP contribution in [0, 0.1) is 0 Å². The van der Waals surface area contributed by atoms with Gasteiger partial charge < -0.3 is 0 Å². The van der Waals surface area contributed by atoms with Crippen molar-refractivity contribution >= 4 is 23.5 Å². The molecule has 1 aromatic rings. The van der Waals surface area contributed by atoms with E-state index in [1.807, 2.05) is 11.3 Å². The van der Waals surface area contributed by atoms with Crippen molar-refractivity contribution in [2.24, 2.45) is 0 Å². The van der Waals surface area contributed by atoms with Crippen molar-refractivity contribution in [2.45, 2.75) is 52.9 Å². The van der Waals surface area contributed by atoms with Crippen LogP contribution in [-0.4, -0.2) is 0 Å². The van der Waals surface area contributed by atoms with Crippen LogP contribution < -0.4 is 0 Å². The van der Waals surface area contributed by atoms with E-state index in [1.165, 1.54) is 47.4 Å². The van der Waals surface area contributed by atoms with Gasteiger partial charge >= 0.3 is 0 Å². The Balaban J connectivity index is 2.67. The Kier molecular flexibility index (Phi) is 6.95. The van der Waals surface area contributed by atoms with Gasteiger partial charge in [0.25, 0.3) is 0 Å². The standard InChI is InChI=1S/C16H24S/c1-4-7-8-9-12-14-13-15(10-5-2)17-16(14)11-6-3/h5-6,10-11,13H,4,7-9,12H2,1-3H3/b10-5+,11-6-. The van der Waals surface area contributed by atoms with E-state index < -0.39 is 0 Å². The molecule has 0 amide bonds. The lowest BCUT2D eigenvalue weighted by atomic mass is 10.1. The monoisotopic (exact) mass is 248 g/mol. The summed E-state index contributed by atoms with van der Waals surface area (Å²) in [6.07, 6.45) is 15.3. The van der Waals surface area contributed by atoms with Gasteiger partial charge in [0.15, 0.2) is 0 Å². The first-order valence-corrected chi connectivity index (χ1v) is 7.51. The van der Waals surface area contributed by atoms with E-state index in [-0.39, 0.29) is 0 Å². The van der Waals surface area contributed by atoms with Gasteiger partial charge in [-0.2, -0.15) is 0 Å². The zero-order chi connectivity index (χ0) is 12.5. The molecule has 0 fully saturated rings. The van der Waals surface area contributed by atoms with E-state index in [1.54, 1.807) is 0 Å². The average molecular weight is 248 g/mol. The molecule has 0 aliphatic rings. The molecule has 17 heavy (non-hydrogen) atoms. The van der Waals surface area contributed by atoms with Crippen LogP contribution in [0.3, 0.4) is 0 Å². The maximum Gasteiger partial charge on any atom is 0.0305 e. The van der Waals surface area contributed by atoms with Crippen LogP contribution in [0.5, 0.6) is 0 Å². The second kappa shape index (κ2) is 8.30. The molecule has 0 aliphatic carbocycles. The predicted molar refractivity (Wildman–Crippen MR) is 81.6 cm³/mol. The number of thiophene rings is 1. The minimum Gasteiger partial charge on any atom is -0.136 e. The van der Waals surface area contributed by atoms with Crippen LogP contribution in [-0.2, 0) is 6.42 Å². The van der Waals surface area contributed by atoms with E-state index in [4.69, 9.17) is 0 Å². The Hall–Kier alpha value is -0.820. The first-order chi connectivity index (χ1) is 8.31. The van der Waals surface area contributed by atoms with Gasteiger partial charge in [0.2, 0.25) is 0 Å². The summed E-state index contributed by atoms with van der Waals surface area (Å²) in [5.41, 5.74) is 1.53. The Morgan fingerprint density at radius 1 is 1.06 bits per heavy atom. The lowest BCUT2D eigenvalue weighted by Crippen LogP contribution is -1.85. The van der Waals surface area contributed by atoms with E-state index in [0.717, 1.165) is 0 Å². The summed E-state index contributed by atoms with van der Waals surface area (Å²) in [6, 6.07) is 2.35. The Morgan fingerprint density at radius 2 is 1.82 bits per heavy atom. The van der Waals surface area contributed by atoms with Crippen molar-refractivity contribution in [3.63, 3.8) is 0 Å². The molecule has 0 radical (unpaired) electrons. The van der Waals surface area contributed by atoms with Gasteiger partial charge in [-0.1, -0.05) is 38.3 Å². The molecule has 0 unspecified atom stereocenters. The predicted octanol–water partition coefficient (Wildman–Crippen LogP) is 5.94. The van der Waals surface area contributed by atoms with Crippen LogP contribution in [0.4, 0.5) is 0 Å². The molecule has 1 rings (SSSR count). The molecule has 1 aromatic heterocycles. The molecular formula is C16H24S. The maximum atomic E-state index is 2.35. The first-order valence-electron chi connectivity index (χ1n) is 6.69. The summed E-state index contributed by atoms with van der Waals surface area (Å²) in [5.74, 6) is 0. The van der Waals surface area contributed by atoms with Crippen molar-refractivity contribution in [2.75, 3.05) is 0 Å². The Morgan fingerprint density at radius 3 is 2.47 bits per heavy atom. The number of rotatable bonds is 7. The lowest BCUT2D eigenvalue weighted by molar-refractivity contribution is 0.667. The molecule has 0 saturated carbocycles. The van der Waals surface area contributed by atoms with Crippen LogP contribution in [0.2, 0.25) is 0 Å². The SMILES string of the molecule is C/C=C\c1sc(/C=C/C)cc1CCCCCC. The zero-order valence-corrected chi connectivity index (χ0v) is 12.1. The number of hydrogen-bond acceptors (Lipinski definition) is 1. The minimum absolute atomic E-state index is 1.23. The highest BCUT2D eigenvalue weighted by Crippen LogP contribution is 2.26. The van der Waals surface area contributed by atoms with Crippen molar-refractivity contribution in [3.8, 4) is 0 Å². The quantitative estimate of drug-likeness (QED) is 0.524. The summed E-state index contributed by atoms with van der Waals surface area (Å²) in [4.78, 5) is 2.82.